The molecule has 1 aliphatic rings. The largest absolute Gasteiger partial charge is 0.369 e. The van der Waals surface area contributed by atoms with Gasteiger partial charge in [-0.3, -0.25) is 23.2 Å². The SMILES string of the molecule is Cn1c(=O)c2c(nc3n(CCCCN4CCN(c5cccc(Cl)c5)CC4)ccn23)n(C)c1=O. The van der Waals surface area contributed by atoms with Crippen molar-refractivity contribution in [3.63, 3.8) is 0 Å². The number of piperazine rings is 1. The number of rotatable bonds is 6. The molecule has 0 aliphatic carbocycles. The summed E-state index contributed by atoms with van der Waals surface area (Å²) >= 11 is 6.13. The van der Waals surface area contributed by atoms with Crippen LogP contribution in [0.1, 0.15) is 12.8 Å². The maximum absolute atomic E-state index is 12.6. The van der Waals surface area contributed by atoms with Gasteiger partial charge in [-0.05, 0) is 37.6 Å². The van der Waals surface area contributed by atoms with E-state index in [1.807, 2.05) is 30.6 Å². The van der Waals surface area contributed by atoms with Gasteiger partial charge in [0, 0.05) is 69.9 Å². The van der Waals surface area contributed by atoms with Gasteiger partial charge in [0.15, 0.2) is 11.2 Å². The Hall–Kier alpha value is -3.04. The van der Waals surface area contributed by atoms with Gasteiger partial charge in [0.25, 0.3) is 5.56 Å². The highest BCUT2D eigenvalue weighted by molar-refractivity contribution is 6.30. The van der Waals surface area contributed by atoms with E-state index in [4.69, 9.17) is 11.6 Å². The minimum absolute atomic E-state index is 0.324. The zero-order chi connectivity index (χ0) is 23.1. The third-order valence-electron chi connectivity index (χ3n) is 6.59. The molecule has 0 N–H and O–H groups in total. The van der Waals surface area contributed by atoms with E-state index in [1.165, 1.54) is 17.3 Å². The Morgan fingerprint density at radius 3 is 2.48 bits per heavy atom. The number of anilines is 1. The van der Waals surface area contributed by atoms with Crippen LogP contribution in [0.25, 0.3) is 16.9 Å². The maximum atomic E-state index is 12.6. The fourth-order valence-electron chi connectivity index (χ4n) is 4.66. The summed E-state index contributed by atoms with van der Waals surface area (Å²) in [6.45, 7) is 5.98. The highest BCUT2D eigenvalue weighted by atomic mass is 35.5. The van der Waals surface area contributed by atoms with Crippen molar-refractivity contribution in [3.8, 4) is 0 Å². The zero-order valence-electron chi connectivity index (χ0n) is 18.9. The lowest BCUT2D eigenvalue weighted by atomic mass is 10.2. The number of unbranched alkanes of at least 4 members (excludes halogenated alkanes) is 1. The van der Waals surface area contributed by atoms with Crippen LogP contribution in [-0.4, -0.2) is 60.7 Å². The summed E-state index contributed by atoms with van der Waals surface area (Å²) in [7, 11) is 3.14. The van der Waals surface area contributed by atoms with E-state index in [2.05, 4.69) is 25.4 Å². The number of nitrogens with zero attached hydrogens (tertiary/aromatic N) is 7. The molecule has 1 saturated heterocycles. The maximum Gasteiger partial charge on any atom is 0.332 e. The Bertz CT molecular complexity index is 1420. The van der Waals surface area contributed by atoms with Crippen LogP contribution >= 0.6 is 11.6 Å². The number of benzene rings is 1. The van der Waals surface area contributed by atoms with Crippen molar-refractivity contribution in [1.29, 1.82) is 0 Å². The fraction of sp³-hybridized carbons (Fsp3) is 0.435. The number of fused-ring (bicyclic) bond motifs is 3. The van der Waals surface area contributed by atoms with Crippen molar-refractivity contribution in [2.75, 3.05) is 37.6 Å². The topological polar surface area (TPSA) is 72.7 Å². The van der Waals surface area contributed by atoms with E-state index in [0.717, 1.165) is 61.7 Å². The molecule has 1 aliphatic heterocycles. The molecular formula is C23H28ClN7O2. The highest BCUT2D eigenvalue weighted by Crippen LogP contribution is 2.21. The number of hydrogen-bond donors (Lipinski definition) is 0. The second kappa shape index (κ2) is 8.72. The number of aromatic nitrogens is 5. The lowest BCUT2D eigenvalue weighted by Gasteiger charge is -2.36. The first-order chi connectivity index (χ1) is 15.9. The smallest absolute Gasteiger partial charge is 0.332 e. The van der Waals surface area contributed by atoms with Crippen LogP contribution in [0.2, 0.25) is 5.02 Å². The van der Waals surface area contributed by atoms with Crippen LogP contribution in [0.5, 0.6) is 0 Å². The monoisotopic (exact) mass is 469 g/mol. The normalized spacial score (nSPS) is 15.2. The minimum atomic E-state index is -0.365. The van der Waals surface area contributed by atoms with Crippen LogP contribution in [0.3, 0.4) is 0 Å². The zero-order valence-corrected chi connectivity index (χ0v) is 19.7. The molecule has 3 aromatic heterocycles. The first-order valence-electron chi connectivity index (χ1n) is 11.3. The molecule has 10 heteroatoms. The van der Waals surface area contributed by atoms with E-state index in [0.29, 0.717) is 16.9 Å². The van der Waals surface area contributed by atoms with Crippen molar-refractivity contribution in [3.05, 3.63) is 62.5 Å². The van der Waals surface area contributed by atoms with Gasteiger partial charge < -0.3 is 9.47 Å². The summed E-state index contributed by atoms with van der Waals surface area (Å²) in [5.74, 6) is 0.693. The molecule has 5 rings (SSSR count). The van der Waals surface area contributed by atoms with Crippen LogP contribution in [-0.2, 0) is 20.6 Å². The molecular weight excluding hydrogens is 442 g/mol. The summed E-state index contributed by atoms with van der Waals surface area (Å²) < 4.78 is 6.39. The van der Waals surface area contributed by atoms with Gasteiger partial charge in [0.05, 0.1) is 0 Å². The molecule has 0 unspecified atom stereocenters. The summed E-state index contributed by atoms with van der Waals surface area (Å²) in [5.41, 5.74) is 1.36. The van der Waals surface area contributed by atoms with E-state index < -0.39 is 0 Å². The molecule has 1 aromatic carbocycles. The van der Waals surface area contributed by atoms with Crippen molar-refractivity contribution in [2.45, 2.75) is 19.4 Å². The number of hydrogen-bond acceptors (Lipinski definition) is 5. The van der Waals surface area contributed by atoms with Gasteiger partial charge in [-0.2, -0.15) is 4.98 Å². The third kappa shape index (κ3) is 3.95. The number of aryl methyl sites for hydroxylation is 2. The molecule has 0 amide bonds. The lowest BCUT2D eigenvalue weighted by Crippen LogP contribution is -2.46. The van der Waals surface area contributed by atoms with E-state index in [-0.39, 0.29) is 11.2 Å². The molecule has 33 heavy (non-hydrogen) atoms. The molecule has 0 bridgehead atoms. The van der Waals surface area contributed by atoms with Crippen molar-refractivity contribution >= 4 is 34.2 Å². The first kappa shape index (κ1) is 21.8. The predicted molar refractivity (Wildman–Crippen MR) is 131 cm³/mol. The summed E-state index contributed by atoms with van der Waals surface area (Å²) in [6, 6.07) is 8.06. The minimum Gasteiger partial charge on any atom is -0.369 e. The molecule has 174 valence electrons. The van der Waals surface area contributed by atoms with Gasteiger partial charge >= 0.3 is 5.69 Å². The molecule has 4 heterocycles. The fourth-order valence-corrected chi connectivity index (χ4v) is 4.84. The van der Waals surface area contributed by atoms with Crippen LogP contribution in [0, 0.1) is 0 Å². The Labute approximate surface area is 196 Å². The molecule has 0 radical (unpaired) electrons. The number of halogens is 1. The van der Waals surface area contributed by atoms with Gasteiger partial charge in [-0.15, -0.1) is 0 Å². The van der Waals surface area contributed by atoms with E-state index in [9.17, 15) is 9.59 Å². The van der Waals surface area contributed by atoms with Gasteiger partial charge in [-0.1, -0.05) is 17.7 Å². The second-order valence-electron chi connectivity index (χ2n) is 8.67. The Morgan fingerprint density at radius 2 is 1.73 bits per heavy atom. The Balaban J connectivity index is 1.19. The Morgan fingerprint density at radius 1 is 0.970 bits per heavy atom. The average Bonchev–Trinajstić information content (AvgIpc) is 3.39. The van der Waals surface area contributed by atoms with E-state index in [1.54, 1.807) is 11.4 Å². The van der Waals surface area contributed by atoms with Crippen LogP contribution in [0.15, 0.2) is 46.2 Å². The summed E-state index contributed by atoms with van der Waals surface area (Å²) in [5, 5.41) is 0.780. The van der Waals surface area contributed by atoms with Crippen molar-refractivity contribution in [2.24, 2.45) is 14.1 Å². The third-order valence-corrected chi connectivity index (χ3v) is 6.83. The first-order valence-corrected chi connectivity index (χ1v) is 11.7. The average molecular weight is 470 g/mol. The van der Waals surface area contributed by atoms with Gasteiger partial charge in [0.2, 0.25) is 5.78 Å². The highest BCUT2D eigenvalue weighted by Gasteiger charge is 2.18. The Kier molecular flexibility index (Phi) is 5.76. The van der Waals surface area contributed by atoms with Crippen molar-refractivity contribution < 1.29 is 0 Å². The van der Waals surface area contributed by atoms with Crippen molar-refractivity contribution in [1.82, 2.24) is 28.0 Å². The molecule has 0 saturated carbocycles. The summed E-state index contributed by atoms with van der Waals surface area (Å²) in [6.07, 6.45) is 5.91. The van der Waals surface area contributed by atoms with Crippen LogP contribution < -0.4 is 16.1 Å². The van der Waals surface area contributed by atoms with Gasteiger partial charge in [0.1, 0.15) is 0 Å². The summed E-state index contributed by atoms with van der Waals surface area (Å²) in [4.78, 5) is 34.3. The number of imidazole rings is 2. The van der Waals surface area contributed by atoms with E-state index >= 15 is 0 Å². The predicted octanol–water partition coefficient (Wildman–Crippen LogP) is 1.94. The quantitative estimate of drug-likeness (QED) is 0.403. The van der Waals surface area contributed by atoms with Crippen LogP contribution in [0.4, 0.5) is 5.69 Å². The molecule has 1 fully saturated rings. The lowest BCUT2D eigenvalue weighted by molar-refractivity contribution is 0.251. The second-order valence-corrected chi connectivity index (χ2v) is 9.10. The molecule has 0 atom stereocenters. The molecule has 0 spiro atoms. The standard InChI is InChI=1S/C23H28ClN7O2/c1-26-20-19(21(32)27(2)23(26)33)31-15-14-30(22(31)25-20)9-4-3-8-28-10-12-29(13-11-28)18-7-5-6-17(24)16-18/h5-7,14-16H,3-4,8-13H2,1-2H3. The van der Waals surface area contributed by atoms with Gasteiger partial charge in [-0.25, -0.2) is 4.79 Å². The molecule has 4 aromatic rings. The molecule has 9 nitrogen and oxygen atoms in total.